The summed E-state index contributed by atoms with van der Waals surface area (Å²) in [7, 11) is 0. The van der Waals surface area contributed by atoms with E-state index in [4.69, 9.17) is 0 Å². The minimum absolute atomic E-state index is 0.0627. The van der Waals surface area contributed by atoms with E-state index in [0.717, 1.165) is 15.6 Å². The zero-order valence-electron chi connectivity index (χ0n) is 12.0. The molecule has 0 saturated carbocycles. The predicted molar refractivity (Wildman–Crippen MR) is 94.5 cm³/mol. The maximum Gasteiger partial charge on any atom is 0.271 e. The maximum atomic E-state index is 12.1. The highest BCUT2D eigenvalue weighted by atomic mass is 79.9. The van der Waals surface area contributed by atoms with E-state index < -0.39 is 0 Å². The van der Waals surface area contributed by atoms with Gasteiger partial charge >= 0.3 is 0 Å². The van der Waals surface area contributed by atoms with Crippen LogP contribution in [0.25, 0.3) is 0 Å². The average molecular weight is 426 g/mol. The van der Waals surface area contributed by atoms with Crippen LogP contribution >= 0.6 is 31.9 Å². The number of aromatic hydroxyl groups is 1. The molecule has 0 aliphatic heterocycles. The summed E-state index contributed by atoms with van der Waals surface area (Å²) >= 11 is 6.57. The second kappa shape index (κ2) is 7.07. The van der Waals surface area contributed by atoms with Crippen molar-refractivity contribution in [3.05, 3.63) is 61.5 Å². The molecule has 0 spiro atoms. The minimum atomic E-state index is -0.290. The van der Waals surface area contributed by atoms with Gasteiger partial charge in [0.1, 0.15) is 5.75 Å². The maximum absolute atomic E-state index is 12.1. The summed E-state index contributed by atoms with van der Waals surface area (Å²) in [4.78, 5) is 12.1. The lowest BCUT2D eigenvalue weighted by atomic mass is 10.1. The third-order valence-electron chi connectivity index (χ3n) is 3.05. The van der Waals surface area contributed by atoms with E-state index in [1.165, 1.54) is 6.21 Å². The van der Waals surface area contributed by atoms with Crippen molar-refractivity contribution in [1.82, 2.24) is 5.43 Å². The highest BCUT2D eigenvalue weighted by Crippen LogP contribution is 2.30. The third-order valence-corrected chi connectivity index (χ3v) is 4.12. The van der Waals surface area contributed by atoms with Gasteiger partial charge in [-0.05, 0) is 53.5 Å². The average Bonchev–Trinajstić information content (AvgIpc) is 2.43. The molecule has 6 heteroatoms. The lowest BCUT2D eigenvalue weighted by molar-refractivity contribution is 0.0954. The minimum Gasteiger partial charge on any atom is -0.506 e. The van der Waals surface area contributed by atoms with Crippen molar-refractivity contribution in [2.24, 2.45) is 5.10 Å². The van der Waals surface area contributed by atoms with E-state index in [1.54, 1.807) is 18.2 Å². The van der Waals surface area contributed by atoms with Crippen LogP contribution in [0.1, 0.15) is 27.0 Å². The molecule has 0 atom stereocenters. The standard InChI is InChI=1S/C16H14Br2N2O2/c1-9-3-4-13(10(2)5-9)16(22)20-19-8-11-6-12(17)7-14(18)15(11)21/h3-8,21H,1-2H3,(H,20,22). The molecule has 0 bridgehead atoms. The Morgan fingerprint density at radius 3 is 2.64 bits per heavy atom. The Balaban J connectivity index is 2.14. The number of aryl methyl sites for hydroxylation is 2. The van der Waals surface area contributed by atoms with E-state index >= 15 is 0 Å². The molecule has 0 saturated heterocycles. The second-order valence-corrected chi connectivity index (χ2v) is 6.61. The number of hydrogen-bond acceptors (Lipinski definition) is 3. The van der Waals surface area contributed by atoms with Crippen LogP contribution in [0.5, 0.6) is 5.75 Å². The summed E-state index contributed by atoms with van der Waals surface area (Å²) in [5.74, 6) is -0.227. The van der Waals surface area contributed by atoms with Crippen LogP contribution in [0.4, 0.5) is 0 Å². The van der Waals surface area contributed by atoms with E-state index in [9.17, 15) is 9.90 Å². The van der Waals surface area contributed by atoms with Crippen molar-refractivity contribution in [2.45, 2.75) is 13.8 Å². The molecule has 22 heavy (non-hydrogen) atoms. The van der Waals surface area contributed by atoms with Gasteiger partial charge in [-0.1, -0.05) is 33.6 Å². The Bertz CT molecular complexity index is 758. The molecule has 2 N–H and O–H groups in total. The fourth-order valence-corrected chi connectivity index (χ4v) is 3.23. The number of carbonyl (C=O) groups excluding carboxylic acids is 1. The van der Waals surface area contributed by atoms with Gasteiger partial charge in [-0.15, -0.1) is 0 Å². The molecule has 4 nitrogen and oxygen atoms in total. The molecule has 2 aromatic carbocycles. The molecular formula is C16H14Br2N2O2. The molecular weight excluding hydrogens is 412 g/mol. The quantitative estimate of drug-likeness (QED) is 0.568. The van der Waals surface area contributed by atoms with Crippen LogP contribution in [0.15, 0.2) is 44.4 Å². The number of amides is 1. The summed E-state index contributed by atoms with van der Waals surface area (Å²) in [6, 6.07) is 9.01. The summed E-state index contributed by atoms with van der Waals surface area (Å²) < 4.78 is 1.34. The van der Waals surface area contributed by atoms with Crippen LogP contribution in [0, 0.1) is 13.8 Å². The largest absolute Gasteiger partial charge is 0.506 e. The predicted octanol–water partition coefficient (Wildman–Crippen LogP) is 4.30. The number of benzene rings is 2. The Labute approximate surface area is 145 Å². The molecule has 0 fully saturated rings. The van der Waals surface area contributed by atoms with Crippen molar-refractivity contribution in [3.8, 4) is 5.75 Å². The van der Waals surface area contributed by atoms with Crippen LogP contribution in [0.2, 0.25) is 0 Å². The number of halogens is 2. The summed E-state index contributed by atoms with van der Waals surface area (Å²) in [5.41, 5.74) is 5.51. The Kier molecular flexibility index (Phi) is 5.37. The molecule has 1 amide bonds. The number of hydrogen-bond donors (Lipinski definition) is 2. The van der Waals surface area contributed by atoms with Gasteiger partial charge in [0.15, 0.2) is 0 Å². The monoisotopic (exact) mass is 424 g/mol. The molecule has 2 rings (SSSR count). The first-order valence-corrected chi connectivity index (χ1v) is 8.05. The lowest BCUT2D eigenvalue weighted by Gasteiger charge is -2.05. The first-order valence-electron chi connectivity index (χ1n) is 6.47. The normalized spacial score (nSPS) is 10.9. The number of phenols is 1. The van der Waals surface area contributed by atoms with Crippen molar-refractivity contribution >= 4 is 44.0 Å². The van der Waals surface area contributed by atoms with Gasteiger partial charge in [0.05, 0.1) is 10.7 Å². The Morgan fingerprint density at radius 1 is 1.23 bits per heavy atom. The SMILES string of the molecule is Cc1ccc(C(=O)NN=Cc2cc(Br)cc(Br)c2O)c(C)c1. The molecule has 0 aromatic heterocycles. The summed E-state index contributed by atoms with van der Waals surface area (Å²) in [6.07, 6.45) is 1.40. The zero-order chi connectivity index (χ0) is 16.3. The van der Waals surface area contributed by atoms with Crippen LogP contribution in [-0.2, 0) is 0 Å². The van der Waals surface area contributed by atoms with E-state index in [2.05, 4.69) is 42.4 Å². The van der Waals surface area contributed by atoms with Crippen LogP contribution in [0.3, 0.4) is 0 Å². The third kappa shape index (κ3) is 3.96. The van der Waals surface area contributed by atoms with Gasteiger partial charge < -0.3 is 5.11 Å². The van der Waals surface area contributed by atoms with Gasteiger partial charge in [-0.25, -0.2) is 5.43 Å². The van der Waals surface area contributed by atoms with E-state index in [1.807, 2.05) is 26.0 Å². The molecule has 0 heterocycles. The number of carbonyl (C=O) groups is 1. The first kappa shape index (κ1) is 16.7. The van der Waals surface area contributed by atoms with Gasteiger partial charge in [0.2, 0.25) is 0 Å². The highest BCUT2D eigenvalue weighted by molar-refractivity contribution is 9.11. The van der Waals surface area contributed by atoms with E-state index in [0.29, 0.717) is 15.6 Å². The lowest BCUT2D eigenvalue weighted by Crippen LogP contribution is -2.18. The molecule has 0 unspecified atom stereocenters. The smallest absolute Gasteiger partial charge is 0.271 e. The second-order valence-electron chi connectivity index (χ2n) is 4.84. The van der Waals surface area contributed by atoms with Crippen molar-refractivity contribution in [1.29, 1.82) is 0 Å². The molecule has 2 aromatic rings. The van der Waals surface area contributed by atoms with Crippen molar-refractivity contribution < 1.29 is 9.90 Å². The number of nitrogens with zero attached hydrogens (tertiary/aromatic N) is 1. The zero-order valence-corrected chi connectivity index (χ0v) is 15.2. The highest BCUT2D eigenvalue weighted by Gasteiger charge is 2.08. The number of phenolic OH excluding ortho intramolecular Hbond substituents is 1. The number of hydrazone groups is 1. The topological polar surface area (TPSA) is 61.7 Å². The molecule has 0 radical (unpaired) electrons. The number of nitrogens with one attached hydrogen (secondary N) is 1. The van der Waals surface area contributed by atoms with Crippen molar-refractivity contribution in [2.75, 3.05) is 0 Å². The Morgan fingerprint density at radius 2 is 1.95 bits per heavy atom. The fourth-order valence-electron chi connectivity index (χ4n) is 1.97. The van der Waals surface area contributed by atoms with Crippen LogP contribution in [-0.4, -0.2) is 17.2 Å². The molecule has 0 aliphatic rings. The van der Waals surface area contributed by atoms with E-state index in [-0.39, 0.29) is 11.7 Å². The Hall–Kier alpha value is -1.66. The fraction of sp³-hybridized carbons (Fsp3) is 0.125. The van der Waals surface area contributed by atoms with Gasteiger partial charge in [0, 0.05) is 15.6 Å². The molecule has 0 aliphatic carbocycles. The summed E-state index contributed by atoms with van der Waals surface area (Å²) in [5, 5.41) is 13.8. The first-order chi connectivity index (χ1) is 10.4. The van der Waals surface area contributed by atoms with Gasteiger partial charge in [-0.2, -0.15) is 5.10 Å². The molecule has 114 valence electrons. The number of rotatable bonds is 3. The van der Waals surface area contributed by atoms with Gasteiger partial charge in [0.25, 0.3) is 5.91 Å². The van der Waals surface area contributed by atoms with Crippen LogP contribution < -0.4 is 5.43 Å². The van der Waals surface area contributed by atoms with Crippen molar-refractivity contribution in [3.63, 3.8) is 0 Å². The van der Waals surface area contributed by atoms with Gasteiger partial charge in [-0.3, -0.25) is 4.79 Å². The summed E-state index contributed by atoms with van der Waals surface area (Å²) in [6.45, 7) is 3.85.